The highest BCUT2D eigenvalue weighted by Gasteiger charge is 2.34. The van der Waals surface area contributed by atoms with Crippen LogP contribution in [0.2, 0.25) is 0 Å². The molecule has 2 atom stereocenters. The van der Waals surface area contributed by atoms with Gasteiger partial charge in [0.05, 0.1) is 0 Å². The third-order valence-corrected chi connectivity index (χ3v) is 3.76. The molecule has 94 valence electrons. The third-order valence-electron chi connectivity index (χ3n) is 3.76. The molecule has 0 aromatic heterocycles. The average Bonchev–Trinajstić information content (AvgIpc) is 2.20. The predicted molar refractivity (Wildman–Crippen MR) is 64.7 cm³/mol. The summed E-state index contributed by atoms with van der Waals surface area (Å²) in [5, 5.41) is 0. The van der Waals surface area contributed by atoms with Gasteiger partial charge in [-0.1, -0.05) is 13.8 Å². The van der Waals surface area contributed by atoms with Crippen LogP contribution in [0, 0.1) is 17.0 Å². The lowest BCUT2D eigenvalue weighted by Crippen LogP contribution is -2.37. The molecule has 1 aliphatic rings. The minimum atomic E-state index is -0.518. The van der Waals surface area contributed by atoms with E-state index in [2.05, 4.69) is 13.8 Å². The molecule has 1 fully saturated rings. The van der Waals surface area contributed by atoms with Crippen molar-refractivity contribution in [3.63, 3.8) is 0 Å². The first kappa shape index (κ1) is 12.5. The van der Waals surface area contributed by atoms with E-state index < -0.39 is 11.6 Å². The Morgan fingerprint density at radius 2 is 1.76 bits per heavy atom. The zero-order chi connectivity index (χ0) is 12.6. The van der Waals surface area contributed by atoms with Crippen LogP contribution in [0.5, 0.6) is 0 Å². The first-order chi connectivity index (χ1) is 7.87. The molecule has 1 nitrogen and oxygen atoms in total. The molecule has 0 radical (unpaired) electrons. The summed E-state index contributed by atoms with van der Waals surface area (Å²) < 4.78 is 26.4. The maximum Gasteiger partial charge on any atom is 0.126 e. The smallest absolute Gasteiger partial charge is 0.126 e. The number of hydrogen-bond acceptors (Lipinski definition) is 1. The van der Waals surface area contributed by atoms with Crippen LogP contribution in [0.25, 0.3) is 0 Å². The highest BCUT2D eigenvalue weighted by molar-refractivity contribution is 5.24. The molecule has 0 bridgehead atoms. The van der Waals surface area contributed by atoms with Crippen molar-refractivity contribution in [3.8, 4) is 0 Å². The molecular formula is C14H19F2N. The molecule has 1 aliphatic carbocycles. The second-order valence-corrected chi connectivity index (χ2v) is 5.88. The summed E-state index contributed by atoms with van der Waals surface area (Å²) in [6.45, 7) is 4.36. The standard InChI is InChI=1S/C14H19F2N/c1-14(2)4-3-13(17)12(8-14)9-5-10(15)7-11(16)6-9/h5-7,12-13H,3-4,8,17H2,1-2H3. The topological polar surface area (TPSA) is 26.0 Å². The molecule has 17 heavy (non-hydrogen) atoms. The van der Waals surface area contributed by atoms with Gasteiger partial charge in [0.15, 0.2) is 0 Å². The Kier molecular flexibility index (Phi) is 3.21. The Hall–Kier alpha value is -0.960. The lowest BCUT2D eigenvalue weighted by molar-refractivity contribution is 0.198. The molecule has 2 rings (SSSR count). The van der Waals surface area contributed by atoms with Gasteiger partial charge in [0, 0.05) is 12.1 Å². The maximum atomic E-state index is 13.2. The summed E-state index contributed by atoms with van der Waals surface area (Å²) in [5.74, 6) is -0.977. The van der Waals surface area contributed by atoms with E-state index in [9.17, 15) is 8.78 Å². The first-order valence-corrected chi connectivity index (χ1v) is 6.09. The Morgan fingerprint density at radius 1 is 1.18 bits per heavy atom. The Labute approximate surface area is 101 Å². The predicted octanol–water partition coefficient (Wildman–Crippen LogP) is 3.59. The normalized spacial score (nSPS) is 28.1. The van der Waals surface area contributed by atoms with Crippen LogP contribution in [0.1, 0.15) is 44.6 Å². The lowest BCUT2D eigenvalue weighted by Gasteiger charge is -2.39. The summed E-state index contributed by atoms with van der Waals surface area (Å²) in [6.07, 6.45) is 2.87. The van der Waals surface area contributed by atoms with Crippen molar-refractivity contribution in [2.45, 2.75) is 45.1 Å². The molecule has 0 aliphatic heterocycles. The van der Waals surface area contributed by atoms with E-state index in [1.165, 1.54) is 12.1 Å². The average molecular weight is 239 g/mol. The quantitative estimate of drug-likeness (QED) is 0.796. The minimum absolute atomic E-state index is 0.00391. The van der Waals surface area contributed by atoms with E-state index in [4.69, 9.17) is 5.73 Å². The van der Waals surface area contributed by atoms with E-state index in [0.717, 1.165) is 25.3 Å². The fourth-order valence-electron chi connectivity index (χ4n) is 2.76. The summed E-state index contributed by atoms with van der Waals surface area (Å²) in [6, 6.07) is 3.73. The van der Waals surface area contributed by atoms with Gasteiger partial charge < -0.3 is 5.73 Å². The van der Waals surface area contributed by atoms with Gasteiger partial charge in [-0.05, 0) is 48.3 Å². The van der Waals surface area contributed by atoms with Crippen molar-refractivity contribution in [1.82, 2.24) is 0 Å². The fraction of sp³-hybridized carbons (Fsp3) is 0.571. The van der Waals surface area contributed by atoms with Gasteiger partial charge in [0.2, 0.25) is 0 Å². The minimum Gasteiger partial charge on any atom is -0.327 e. The van der Waals surface area contributed by atoms with E-state index in [-0.39, 0.29) is 17.4 Å². The van der Waals surface area contributed by atoms with Crippen molar-refractivity contribution >= 4 is 0 Å². The highest BCUT2D eigenvalue weighted by atomic mass is 19.1. The molecule has 1 saturated carbocycles. The van der Waals surface area contributed by atoms with Crippen molar-refractivity contribution in [2.75, 3.05) is 0 Å². The van der Waals surface area contributed by atoms with Crippen molar-refractivity contribution in [3.05, 3.63) is 35.4 Å². The molecule has 0 saturated heterocycles. The summed E-state index contributed by atoms with van der Waals surface area (Å²) in [7, 11) is 0. The Morgan fingerprint density at radius 3 is 2.35 bits per heavy atom. The van der Waals surface area contributed by atoms with Gasteiger partial charge in [-0.2, -0.15) is 0 Å². The number of benzene rings is 1. The molecular weight excluding hydrogens is 220 g/mol. The van der Waals surface area contributed by atoms with Crippen LogP contribution >= 0.6 is 0 Å². The van der Waals surface area contributed by atoms with Gasteiger partial charge in [0.25, 0.3) is 0 Å². The number of hydrogen-bond donors (Lipinski definition) is 1. The van der Waals surface area contributed by atoms with Gasteiger partial charge in [0.1, 0.15) is 11.6 Å². The SMILES string of the molecule is CC1(C)CCC(N)C(c2cc(F)cc(F)c2)C1. The van der Waals surface area contributed by atoms with Crippen LogP contribution in [0.4, 0.5) is 8.78 Å². The molecule has 2 unspecified atom stereocenters. The molecule has 0 heterocycles. The van der Waals surface area contributed by atoms with Crippen LogP contribution in [0.15, 0.2) is 18.2 Å². The molecule has 1 aromatic carbocycles. The number of nitrogens with two attached hydrogens (primary N) is 1. The Bertz CT molecular complexity index is 394. The third kappa shape index (κ3) is 2.83. The molecule has 1 aromatic rings. The van der Waals surface area contributed by atoms with Crippen LogP contribution in [-0.2, 0) is 0 Å². The van der Waals surface area contributed by atoms with Gasteiger partial charge in [-0.3, -0.25) is 0 Å². The summed E-state index contributed by atoms with van der Waals surface area (Å²) >= 11 is 0. The molecule has 2 N–H and O–H groups in total. The Balaban J connectivity index is 2.30. The highest BCUT2D eigenvalue weighted by Crippen LogP contribution is 2.42. The van der Waals surface area contributed by atoms with Crippen LogP contribution in [-0.4, -0.2) is 6.04 Å². The first-order valence-electron chi connectivity index (χ1n) is 6.09. The van der Waals surface area contributed by atoms with Gasteiger partial charge in [-0.25, -0.2) is 8.78 Å². The maximum absolute atomic E-state index is 13.2. The van der Waals surface area contributed by atoms with E-state index in [1.54, 1.807) is 0 Å². The summed E-state index contributed by atoms with van der Waals surface area (Å²) in [4.78, 5) is 0. The van der Waals surface area contributed by atoms with Crippen LogP contribution in [0.3, 0.4) is 0 Å². The van der Waals surface area contributed by atoms with E-state index in [0.29, 0.717) is 5.56 Å². The second-order valence-electron chi connectivity index (χ2n) is 5.88. The van der Waals surface area contributed by atoms with E-state index >= 15 is 0 Å². The summed E-state index contributed by atoms with van der Waals surface area (Å²) in [5.41, 5.74) is 6.98. The zero-order valence-corrected chi connectivity index (χ0v) is 10.3. The number of rotatable bonds is 1. The lowest BCUT2D eigenvalue weighted by atomic mass is 9.68. The van der Waals surface area contributed by atoms with Gasteiger partial charge in [-0.15, -0.1) is 0 Å². The molecule has 0 amide bonds. The second kappa shape index (κ2) is 4.37. The largest absolute Gasteiger partial charge is 0.327 e. The van der Waals surface area contributed by atoms with Crippen LogP contribution < -0.4 is 5.73 Å². The molecule has 0 spiro atoms. The fourth-order valence-corrected chi connectivity index (χ4v) is 2.76. The molecule has 3 heteroatoms. The zero-order valence-electron chi connectivity index (χ0n) is 10.3. The van der Waals surface area contributed by atoms with Crippen molar-refractivity contribution < 1.29 is 8.78 Å². The van der Waals surface area contributed by atoms with Crippen molar-refractivity contribution in [2.24, 2.45) is 11.1 Å². The number of halogens is 2. The monoisotopic (exact) mass is 239 g/mol. The van der Waals surface area contributed by atoms with E-state index in [1.807, 2.05) is 0 Å². The van der Waals surface area contributed by atoms with Gasteiger partial charge >= 0.3 is 0 Å². The van der Waals surface area contributed by atoms with Crippen molar-refractivity contribution in [1.29, 1.82) is 0 Å².